The highest BCUT2D eigenvalue weighted by atomic mass is 28.4. The van der Waals surface area contributed by atoms with Crippen LogP contribution in [0.5, 0.6) is 0 Å². The molecule has 4 fully saturated rings. The first-order chi connectivity index (χ1) is 18.5. The number of esters is 1. The third kappa shape index (κ3) is 5.73. The van der Waals surface area contributed by atoms with Gasteiger partial charge < -0.3 is 28.1 Å². The Kier molecular flexibility index (Phi) is 8.08. The molecule has 1 aliphatic carbocycles. The molecule has 39 heavy (non-hydrogen) atoms. The summed E-state index contributed by atoms with van der Waals surface area (Å²) in [7, 11) is -2.26. The smallest absolute Gasteiger partial charge is 0.338 e. The van der Waals surface area contributed by atoms with Crippen molar-refractivity contribution in [2.45, 2.75) is 114 Å². The Labute approximate surface area is 233 Å². The van der Waals surface area contributed by atoms with Crippen molar-refractivity contribution in [2.75, 3.05) is 0 Å². The molecule has 4 bridgehead atoms. The molecule has 2 aromatic carbocycles. The van der Waals surface area contributed by atoms with Gasteiger partial charge in [-0.25, -0.2) is 4.79 Å². The monoisotopic (exact) mass is 554 g/mol. The number of ether oxygens (including phenoxy) is 5. The Balaban J connectivity index is 1.49. The Morgan fingerprint density at radius 1 is 0.872 bits per heavy atom. The quantitative estimate of drug-likeness (QED) is 0.255. The van der Waals surface area contributed by atoms with Crippen LogP contribution in [0, 0.1) is 0 Å². The number of rotatable bonds is 10. The van der Waals surface area contributed by atoms with Gasteiger partial charge in [-0.3, -0.25) is 0 Å². The molecule has 0 radical (unpaired) electrons. The van der Waals surface area contributed by atoms with Gasteiger partial charge >= 0.3 is 5.97 Å². The number of unbranched alkanes of at least 4 members (excludes halogenated alkanes) is 1. The van der Waals surface area contributed by atoms with Crippen molar-refractivity contribution in [3.63, 3.8) is 0 Å². The van der Waals surface area contributed by atoms with E-state index in [4.69, 9.17) is 28.1 Å². The Morgan fingerprint density at radius 2 is 1.44 bits per heavy atom. The number of hydrogen-bond donors (Lipinski definition) is 0. The Hall–Kier alpha value is -2.07. The van der Waals surface area contributed by atoms with Crippen LogP contribution in [0.4, 0.5) is 0 Å². The largest absolute Gasteiger partial charge is 0.453 e. The second-order valence-corrected chi connectivity index (χ2v) is 17.1. The Bertz CT molecular complexity index is 1120. The summed E-state index contributed by atoms with van der Waals surface area (Å²) in [4.78, 5) is 13.3. The van der Waals surface area contributed by atoms with E-state index in [1.54, 1.807) is 12.1 Å². The first-order valence-electron chi connectivity index (χ1n) is 14.2. The van der Waals surface area contributed by atoms with Crippen LogP contribution in [0.15, 0.2) is 60.7 Å². The number of benzene rings is 2. The van der Waals surface area contributed by atoms with Gasteiger partial charge in [-0.1, -0.05) is 82.6 Å². The SMILES string of the molecule is CCCC[C@@]12O[C@H]3[C@H](OCc4ccccc4)[C@H](O1)[C@@H](O[Si](C)(C)C(C)(C)C)[C@@H](O2)[C@H]3OC(=O)c1ccccc1. The maximum absolute atomic E-state index is 13.3. The fraction of sp³-hybridized carbons (Fsp3) is 0.581. The fourth-order valence-corrected chi connectivity index (χ4v) is 6.61. The average Bonchev–Trinajstić information content (AvgIpc) is 2.91. The van der Waals surface area contributed by atoms with Gasteiger partial charge in [0.2, 0.25) is 0 Å². The molecule has 4 aliphatic rings. The topological polar surface area (TPSA) is 72.5 Å². The minimum atomic E-state index is -2.26. The second kappa shape index (κ2) is 11.1. The van der Waals surface area contributed by atoms with Gasteiger partial charge in [0.05, 0.1) is 12.2 Å². The molecule has 7 nitrogen and oxygen atoms in total. The van der Waals surface area contributed by atoms with Crippen molar-refractivity contribution in [3.05, 3.63) is 71.8 Å². The molecular formula is C31H42O7Si. The van der Waals surface area contributed by atoms with Gasteiger partial charge in [-0.15, -0.1) is 0 Å². The van der Waals surface area contributed by atoms with Crippen LogP contribution in [0.3, 0.4) is 0 Å². The van der Waals surface area contributed by atoms with E-state index in [9.17, 15) is 4.79 Å². The van der Waals surface area contributed by atoms with Crippen LogP contribution in [0.2, 0.25) is 18.1 Å². The standard InChI is InChI=1S/C31H42O7Si/c1-7-8-19-31-35-25-23(33-20-21-15-11-9-12-16-21)26(36-31)28(38-39(5,6)30(2,3)4)27(37-31)24(25)34-29(32)22-17-13-10-14-18-22/h9-18,23-28H,7-8,19-20H2,1-6H3/t23-,24-,25-,26-,27-,28+,31+/m0/s1. The first-order valence-corrected chi connectivity index (χ1v) is 17.1. The zero-order chi connectivity index (χ0) is 27.8. The molecule has 1 saturated carbocycles. The van der Waals surface area contributed by atoms with E-state index in [-0.39, 0.29) is 5.04 Å². The summed E-state index contributed by atoms with van der Waals surface area (Å²) in [6.45, 7) is 13.6. The molecule has 0 unspecified atom stereocenters. The molecule has 2 aromatic rings. The van der Waals surface area contributed by atoms with Crippen LogP contribution < -0.4 is 0 Å². The number of carbonyl (C=O) groups excluding carboxylic acids is 1. The molecule has 0 spiro atoms. The zero-order valence-electron chi connectivity index (χ0n) is 23.9. The Morgan fingerprint density at radius 3 is 2.03 bits per heavy atom. The van der Waals surface area contributed by atoms with Crippen molar-refractivity contribution in [2.24, 2.45) is 0 Å². The van der Waals surface area contributed by atoms with Crippen molar-refractivity contribution in [1.29, 1.82) is 0 Å². The highest BCUT2D eigenvalue weighted by Gasteiger charge is 2.70. The normalized spacial score (nSPS) is 31.8. The fourth-order valence-electron chi connectivity index (χ4n) is 5.31. The molecule has 6 rings (SSSR count). The molecule has 212 valence electrons. The van der Waals surface area contributed by atoms with Crippen LogP contribution in [0.1, 0.15) is 62.9 Å². The summed E-state index contributed by atoms with van der Waals surface area (Å²) in [6.07, 6.45) is -0.713. The van der Waals surface area contributed by atoms with E-state index in [1.807, 2.05) is 48.5 Å². The lowest BCUT2D eigenvalue weighted by molar-refractivity contribution is -0.539. The van der Waals surface area contributed by atoms with Gasteiger partial charge in [0.15, 0.2) is 14.4 Å². The van der Waals surface area contributed by atoms with E-state index in [2.05, 4.69) is 40.8 Å². The highest BCUT2D eigenvalue weighted by Crippen LogP contribution is 2.52. The summed E-state index contributed by atoms with van der Waals surface area (Å²) in [5.41, 5.74) is 1.52. The van der Waals surface area contributed by atoms with Crippen LogP contribution in [0.25, 0.3) is 0 Å². The zero-order valence-corrected chi connectivity index (χ0v) is 24.9. The summed E-state index contributed by atoms with van der Waals surface area (Å²) in [6, 6.07) is 19.0. The molecule has 7 atom stereocenters. The van der Waals surface area contributed by atoms with Crippen LogP contribution in [-0.4, -0.2) is 56.9 Å². The van der Waals surface area contributed by atoms with Crippen LogP contribution in [-0.2, 0) is 34.7 Å². The molecule has 3 heterocycles. The number of hydrogen-bond acceptors (Lipinski definition) is 7. The molecular weight excluding hydrogens is 512 g/mol. The van der Waals surface area contributed by atoms with Gasteiger partial charge in [0, 0.05) is 6.42 Å². The second-order valence-electron chi connectivity index (χ2n) is 12.4. The minimum Gasteiger partial charge on any atom is -0.453 e. The summed E-state index contributed by atoms with van der Waals surface area (Å²) in [5.74, 6) is -1.61. The first kappa shape index (κ1) is 28.5. The molecule has 0 N–H and O–H groups in total. The van der Waals surface area contributed by atoms with Crippen molar-refractivity contribution in [1.82, 2.24) is 0 Å². The van der Waals surface area contributed by atoms with Crippen LogP contribution >= 0.6 is 0 Å². The van der Waals surface area contributed by atoms with Gasteiger partial charge in [0.1, 0.15) is 30.5 Å². The summed E-state index contributed by atoms with van der Waals surface area (Å²) in [5, 5.41) is -0.0331. The molecule has 8 heteroatoms. The highest BCUT2D eigenvalue weighted by molar-refractivity contribution is 6.74. The lowest BCUT2D eigenvalue weighted by Crippen LogP contribution is -2.80. The van der Waals surface area contributed by atoms with Crippen molar-refractivity contribution in [3.8, 4) is 0 Å². The third-order valence-electron chi connectivity index (χ3n) is 8.50. The summed E-state index contributed by atoms with van der Waals surface area (Å²) < 4.78 is 39.4. The average molecular weight is 555 g/mol. The molecule has 0 amide bonds. The van der Waals surface area contributed by atoms with Crippen molar-refractivity contribution < 1.29 is 32.9 Å². The van der Waals surface area contributed by atoms with Gasteiger partial charge in [-0.2, -0.15) is 0 Å². The van der Waals surface area contributed by atoms with Crippen molar-refractivity contribution >= 4 is 14.3 Å². The molecule has 0 aromatic heterocycles. The molecule has 3 aliphatic heterocycles. The lowest BCUT2D eigenvalue weighted by atomic mass is 9.81. The number of carbonyl (C=O) groups is 1. The van der Waals surface area contributed by atoms with E-state index in [1.165, 1.54) is 0 Å². The van der Waals surface area contributed by atoms with Gasteiger partial charge in [0.25, 0.3) is 5.97 Å². The van der Waals surface area contributed by atoms with E-state index in [0.29, 0.717) is 18.6 Å². The van der Waals surface area contributed by atoms with E-state index < -0.39 is 56.9 Å². The minimum absolute atomic E-state index is 0.0331. The maximum Gasteiger partial charge on any atom is 0.338 e. The molecule has 3 saturated heterocycles. The lowest BCUT2D eigenvalue weighted by Gasteiger charge is -2.63. The maximum atomic E-state index is 13.3. The third-order valence-corrected chi connectivity index (χ3v) is 13.0. The van der Waals surface area contributed by atoms with Gasteiger partial charge in [-0.05, 0) is 42.2 Å². The summed E-state index contributed by atoms with van der Waals surface area (Å²) >= 11 is 0. The predicted molar refractivity (Wildman–Crippen MR) is 150 cm³/mol. The van der Waals surface area contributed by atoms with E-state index >= 15 is 0 Å². The van der Waals surface area contributed by atoms with E-state index in [0.717, 1.165) is 18.4 Å². The predicted octanol–water partition coefficient (Wildman–Crippen LogP) is 6.23.